The van der Waals surface area contributed by atoms with Gasteiger partial charge in [0.25, 0.3) is 0 Å². The Morgan fingerprint density at radius 2 is 2.38 bits per heavy atom. The predicted molar refractivity (Wildman–Crippen MR) is 54.1 cm³/mol. The number of fused-ring (bicyclic) bond motifs is 1. The van der Waals surface area contributed by atoms with Crippen molar-refractivity contribution in [1.29, 1.82) is 0 Å². The summed E-state index contributed by atoms with van der Waals surface area (Å²) in [4.78, 5) is 4.35. The van der Waals surface area contributed by atoms with Crippen LogP contribution in [0, 0.1) is 0 Å². The van der Waals surface area contributed by atoms with Crippen LogP contribution in [0.3, 0.4) is 0 Å². The van der Waals surface area contributed by atoms with Gasteiger partial charge in [-0.3, -0.25) is 0 Å². The molecule has 0 saturated carbocycles. The Morgan fingerprint density at radius 3 is 3.08 bits per heavy atom. The molecule has 68 valence electrons. The van der Waals surface area contributed by atoms with Gasteiger partial charge in [-0.1, -0.05) is 6.07 Å². The number of ether oxygens (including phenoxy) is 1. The molecule has 0 atom stereocenters. The Balaban J connectivity index is 2.67. The maximum atomic E-state index is 5.51. The summed E-state index contributed by atoms with van der Waals surface area (Å²) in [5, 5.41) is 0.944. The van der Waals surface area contributed by atoms with Gasteiger partial charge in [0.2, 0.25) is 0 Å². The summed E-state index contributed by atoms with van der Waals surface area (Å²) in [5.41, 5.74) is 6.48. The molecule has 2 aromatic rings. The standard InChI is InChI=1S/C9H10N2OS/c1-12-7-4-2-3-6-9(7)13-8(5-10)11-6/h2-4H,5,10H2,1H3. The minimum absolute atomic E-state index is 0.489. The molecule has 0 unspecified atom stereocenters. The lowest BCUT2D eigenvalue weighted by atomic mass is 10.3. The maximum absolute atomic E-state index is 5.51. The largest absolute Gasteiger partial charge is 0.495 e. The number of nitrogens with zero attached hydrogens (tertiary/aromatic N) is 1. The van der Waals surface area contributed by atoms with Crippen molar-refractivity contribution in [3.05, 3.63) is 23.2 Å². The number of benzene rings is 1. The number of nitrogens with two attached hydrogens (primary N) is 1. The first kappa shape index (κ1) is 8.47. The van der Waals surface area contributed by atoms with Crippen molar-refractivity contribution >= 4 is 21.6 Å². The fourth-order valence-electron chi connectivity index (χ4n) is 1.22. The van der Waals surface area contributed by atoms with Crippen LogP contribution in [0.2, 0.25) is 0 Å². The fraction of sp³-hybridized carbons (Fsp3) is 0.222. The van der Waals surface area contributed by atoms with E-state index >= 15 is 0 Å². The van der Waals surface area contributed by atoms with E-state index in [2.05, 4.69) is 4.98 Å². The van der Waals surface area contributed by atoms with E-state index in [9.17, 15) is 0 Å². The van der Waals surface area contributed by atoms with Crippen molar-refractivity contribution in [2.24, 2.45) is 5.73 Å². The number of hydrogen-bond donors (Lipinski definition) is 1. The van der Waals surface area contributed by atoms with E-state index in [-0.39, 0.29) is 0 Å². The third-order valence-electron chi connectivity index (χ3n) is 1.82. The molecule has 0 aliphatic carbocycles. The molecule has 0 spiro atoms. The third-order valence-corrected chi connectivity index (χ3v) is 2.93. The SMILES string of the molecule is COc1cccc2nc(CN)sc12. The topological polar surface area (TPSA) is 48.1 Å². The summed E-state index contributed by atoms with van der Waals surface area (Å²) in [6.07, 6.45) is 0. The van der Waals surface area contributed by atoms with Crippen molar-refractivity contribution < 1.29 is 4.74 Å². The van der Waals surface area contributed by atoms with Crippen molar-refractivity contribution in [3.8, 4) is 5.75 Å². The molecule has 1 aromatic heterocycles. The lowest BCUT2D eigenvalue weighted by Gasteiger charge is -1.97. The Bertz CT molecular complexity index is 424. The smallest absolute Gasteiger partial charge is 0.138 e. The van der Waals surface area contributed by atoms with Crippen LogP contribution in [0.25, 0.3) is 10.2 Å². The Morgan fingerprint density at radius 1 is 1.54 bits per heavy atom. The van der Waals surface area contributed by atoms with Crippen molar-refractivity contribution in [3.63, 3.8) is 0 Å². The van der Waals surface area contributed by atoms with Gasteiger partial charge in [0.15, 0.2) is 0 Å². The van der Waals surface area contributed by atoms with Gasteiger partial charge >= 0.3 is 0 Å². The number of hydrogen-bond acceptors (Lipinski definition) is 4. The highest BCUT2D eigenvalue weighted by Gasteiger charge is 2.06. The Kier molecular flexibility index (Phi) is 2.16. The molecule has 2 rings (SSSR count). The van der Waals surface area contributed by atoms with Crippen LogP contribution < -0.4 is 10.5 Å². The molecule has 0 fully saturated rings. The predicted octanol–water partition coefficient (Wildman–Crippen LogP) is 1.76. The van der Waals surface area contributed by atoms with E-state index in [4.69, 9.17) is 10.5 Å². The van der Waals surface area contributed by atoms with Crippen LogP contribution in [0.1, 0.15) is 5.01 Å². The minimum atomic E-state index is 0.489. The second-order valence-corrected chi connectivity index (χ2v) is 3.70. The van der Waals surface area contributed by atoms with Gasteiger partial charge < -0.3 is 10.5 Å². The van der Waals surface area contributed by atoms with Gasteiger partial charge in [0.1, 0.15) is 10.8 Å². The van der Waals surface area contributed by atoms with Crippen LogP contribution in [-0.2, 0) is 6.54 Å². The summed E-state index contributed by atoms with van der Waals surface area (Å²) in [7, 11) is 1.66. The molecule has 0 saturated heterocycles. The van der Waals surface area contributed by atoms with E-state index in [1.165, 1.54) is 0 Å². The Hall–Kier alpha value is -1.13. The molecule has 0 aliphatic heterocycles. The van der Waals surface area contributed by atoms with E-state index in [1.54, 1.807) is 18.4 Å². The zero-order valence-corrected chi connectivity index (χ0v) is 8.10. The average Bonchev–Trinajstić information content (AvgIpc) is 2.59. The van der Waals surface area contributed by atoms with Gasteiger partial charge in [-0.05, 0) is 12.1 Å². The van der Waals surface area contributed by atoms with Gasteiger partial charge in [-0.2, -0.15) is 0 Å². The zero-order chi connectivity index (χ0) is 9.26. The molecule has 2 N–H and O–H groups in total. The Labute approximate surface area is 80.2 Å². The van der Waals surface area contributed by atoms with Crippen LogP contribution in [-0.4, -0.2) is 12.1 Å². The third kappa shape index (κ3) is 1.38. The summed E-state index contributed by atoms with van der Waals surface area (Å²) in [6.45, 7) is 0.489. The lowest BCUT2D eigenvalue weighted by Crippen LogP contribution is -1.93. The summed E-state index contributed by atoms with van der Waals surface area (Å²) >= 11 is 1.59. The van der Waals surface area contributed by atoms with Crippen LogP contribution in [0.5, 0.6) is 5.75 Å². The van der Waals surface area contributed by atoms with E-state index in [0.717, 1.165) is 21.0 Å². The number of rotatable bonds is 2. The molecule has 13 heavy (non-hydrogen) atoms. The molecule has 0 bridgehead atoms. The van der Waals surface area contributed by atoms with Gasteiger partial charge in [0.05, 0.1) is 17.3 Å². The molecule has 1 heterocycles. The van der Waals surface area contributed by atoms with E-state index in [0.29, 0.717) is 6.54 Å². The van der Waals surface area contributed by atoms with E-state index in [1.807, 2.05) is 18.2 Å². The first-order valence-electron chi connectivity index (χ1n) is 3.97. The second kappa shape index (κ2) is 3.32. The molecular formula is C9H10N2OS. The van der Waals surface area contributed by atoms with Crippen molar-refractivity contribution in [2.45, 2.75) is 6.54 Å². The molecule has 4 heteroatoms. The van der Waals surface area contributed by atoms with Crippen LogP contribution >= 0.6 is 11.3 Å². The minimum Gasteiger partial charge on any atom is -0.495 e. The summed E-state index contributed by atoms with van der Waals surface area (Å²) in [6, 6.07) is 5.83. The molecule has 1 aromatic carbocycles. The van der Waals surface area contributed by atoms with Crippen LogP contribution in [0.4, 0.5) is 0 Å². The molecule has 0 amide bonds. The van der Waals surface area contributed by atoms with Gasteiger partial charge in [-0.15, -0.1) is 11.3 Å². The molecule has 0 radical (unpaired) electrons. The monoisotopic (exact) mass is 194 g/mol. The normalized spacial score (nSPS) is 10.6. The number of methoxy groups -OCH3 is 1. The van der Waals surface area contributed by atoms with Crippen LogP contribution in [0.15, 0.2) is 18.2 Å². The van der Waals surface area contributed by atoms with Gasteiger partial charge in [-0.25, -0.2) is 4.98 Å². The number of thiazole rings is 1. The first-order chi connectivity index (χ1) is 6.35. The molecule has 3 nitrogen and oxygen atoms in total. The molecule has 0 aliphatic rings. The first-order valence-corrected chi connectivity index (χ1v) is 4.79. The van der Waals surface area contributed by atoms with E-state index < -0.39 is 0 Å². The highest BCUT2D eigenvalue weighted by molar-refractivity contribution is 7.19. The van der Waals surface area contributed by atoms with Crippen molar-refractivity contribution in [1.82, 2.24) is 4.98 Å². The highest BCUT2D eigenvalue weighted by Crippen LogP contribution is 2.30. The maximum Gasteiger partial charge on any atom is 0.138 e. The summed E-state index contributed by atoms with van der Waals surface area (Å²) in [5.74, 6) is 0.870. The number of aromatic nitrogens is 1. The second-order valence-electron chi connectivity index (χ2n) is 2.62. The molecular weight excluding hydrogens is 184 g/mol. The fourth-order valence-corrected chi connectivity index (χ4v) is 2.15. The van der Waals surface area contributed by atoms with Gasteiger partial charge in [0, 0.05) is 6.54 Å². The van der Waals surface area contributed by atoms with Crippen molar-refractivity contribution in [2.75, 3.05) is 7.11 Å². The average molecular weight is 194 g/mol. The zero-order valence-electron chi connectivity index (χ0n) is 7.28. The quantitative estimate of drug-likeness (QED) is 0.792. The summed E-state index contributed by atoms with van der Waals surface area (Å²) < 4.78 is 6.29. The lowest BCUT2D eigenvalue weighted by molar-refractivity contribution is 0.420. The highest BCUT2D eigenvalue weighted by atomic mass is 32.1.